The molecule has 1 aromatic heterocycles. The molecular formula is C10H16N2OS. The largest absolute Gasteiger partial charge is 0.381 e. The molecule has 1 aliphatic rings. The van der Waals surface area contributed by atoms with E-state index in [0.29, 0.717) is 5.92 Å². The van der Waals surface area contributed by atoms with Gasteiger partial charge in [0.15, 0.2) is 0 Å². The minimum Gasteiger partial charge on any atom is -0.381 e. The van der Waals surface area contributed by atoms with Crippen LogP contribution in [0.5, 0.6) is 0 Å². The topological polar surface area (TPSA) is 34.2 Å². The molecule has 1 aliphatic heterocycles. The maximum absolute atomic E-state index is 5.35. The van der Waals surface area contributed by atoms with E-state index in [9.17, 15) is 0 Å². The van der Waals surface area contributed by atoms with Gasteiger partial charge in [-0.05, 0) is 13.0 Å². The molecule has 0 spiro atoms. The standard InChI is InChI=1S/C10H16N2OS/c1-2-11-5-10-12-9(7-14-10)8-3-4-13-6-8/h7-8,11H,2-6H2,1H3. The van der Waals surface area contributed by atoms with E-state index in [2.05, 4.69) is 22.6 Å². The molecule has 4 heteroatoms. The van der Waals surface area contributed by atoms with E-state index in [1.54, 1.807) is 11.3 Å². The van der Waals surface area contributed by atoms with Crippen molar-refractivity contribution in [3.05, 3.63) is 16.1 Å². The normalized spacial score (nSPS) is 21.6. The predicted octanol–water partition coefficient (Wildman–Crippen LogP) is 1.76. The molecule has 1 N–H and O–H groups in total. The van der Waals surface area contributed by atoms with Crippen LogP contribution in [0.4, 0.5) is 0 Å². The van der Waals surface area contributed by atoms with Gasteiger partial charge in [-0.2, -0.15) is 0 Å². The molecular weight excluding hydrogens is 196 g/mol. The Morgan fingerprint density at radius 3 is 3.36 bits per heavy atom. The molecule has 78 valence electrons. The Hall–Kier alpha value is -0.450. The zero-order valence-corrected chi connectivity index (χ0v) is 9.27. The van der Waals surface area contributed by atoms with Crippen LogP contribution in [0, 0.1) is 0 Å². The number of nitrogens with zero attached hydrogens (tertiary/aromatic N) is 1. The van der Waals surface area contributed by atoms with Gasteiger partial charge in [0, 0.05) is 24.4 Å². The smallest absolute Gasteiger partial charge is 0.107 e. The lowest BCUT2D eigenvalue weighted by Gasteiger charge is -2.01. The quantitative estimate of drug-likeness (QED) is 0.825. The van der Waals surface area contributed by atoms with Crippen LogP contribution < -0.4 is 5.32 Å². The first kappa shape index (κ1) is 10.1. The van der Waals surface area contributed by atoms with E-state index in [4.69, 9.17) is 4.74 Å². The van der Waals surface area contributed by atoms with Gasteiger partial charge in [-0.15, -0.1) is 11.3 Å². The third-order valence-electron chi connectivity index (χ3n) is 2.44. The molecule has 0 radical (unpaired) electrons. The number of rotatable bonds is 4. The Morgan fingerprint density at radius 2 is 2.64 bits per heavy atom. The summed E-state index contributed by atoms with van der Waals surface area (Å²) in [7, 11) is 0. The van der Waals surface area contributed by atoms with Gasteiger partial charge in [-0.1, -0.05) is 6.92 Å². The second kappa shape index (κ2) is 4.87. The Bertz CT molecular complexity index is 281. The number of nitrogens with one attached hydrogen (secondary N) is 1. The zero-order chi connectivity index (χ0) is 9.80. The van der Waals surface area contributed by atoms with Crippen LogP contribution in [0.25, 0.3) is 0 Å². The Kier molecular flexibility index (Phi) is 3.50. The molecule has 1 aromatic rings. The predicted molar refractivity (Wildman–Crippen MR) is 57.7 cm³/mol. The lowest BCUT2D eigenvalue weighted by molar-refractivity contribution is 0.193. The van der Waals surface area contributed by atoms with E-state index >= 15 is 0 Å². The van der Waals surface area contributed by atoms with E-state index in [1.807, 2.05) is 0 Å². The zero-order valence-electron chi connectivity index (χ0n) is 8.45. The summed E-state index contributed by atoms with van der Waals surface area (Å²) < 4.78 is 5.35. The fraction of sp³-hybridized carbons (Fsp3) is 0.700. The molecule has 14 heavy (non-hydrogen) atoms. The van der Waals surface area contributed by atoms with Crippen molar-refractivity contribution in [1.29, 1.82) is 0 Å². The molecule has 2 rings (SSSR count). The highest BCUT2D eigenvalue weighted by Gasteiger charge is 2.20. The van der Waals surface area contributed by atoms with Crippen molar-refractivity contribution >= 4 is 11.3 Å². The first-order valence-electron chi connectivity index (χ1n) is 5.13. The van der Waals surface area contributed by atoms with Gasteiger partial charge in [0.05, 0.1) is 12.3 Å². The summed E-state index contributed by atoms with van der Waals surface area (Å²) in [5, 5.41) is 6.65. The van der Waals surface area contributed by atoms with E-state index in [0.717, 1.165) is 32.7 Å². The van der Waals surface area contributed by atoms with Gasteiger partial charge in [0.2, 0.25) is 0 Å². The van der Waals surface area contributed by atoms with Crippen molar-refractivity contribution in [3.63, 3.8) is 0 Å². The third kappa shape index (κ3) is 2.32. The highest BCUT2D eigenvalue weighted by atomic mass is 32.1. The van der Waals surface area contributed by atoms with Gasteiger partial charge >= 0.3 is 0 Å². The molecule has 3 nitrogen and oxygen atoms in total. The van der Waals surface area contributed by atoms with Gasteiger partial charge in [-0.3, -0.25) is 0 Å². The lowest BCUT2D eigenvalue weighted by atomic mass is 10.1. The maximum Gasteiger partial charge on any atom is 0.107 e. The summed E-state index contributed by atoms with van der Waals surface area (Å²) in [4.78, 5) is 4.61. The summed E-state index contributed by atoms with van der Waals surface area (Å²) in [6.45, 7) is 5.75. The molecule has 1 fully saturated rings. The third-order valence-corrected chi connectivity index (χ3v) is 3.31. The van der Waals surface area contributed by atoms with Gasteiger partial charge in [0.25, 0.3) is 0 Å². The van der Waals surface area contributed by atoms with E-state index in [-0.39, 0.29) is 0 Å². The molecule has 2 heterocycles. The van der Waals surface area contributed by atoms with Crippen LogP contribution in [-0.4, -0.2) is 24.7 Å². The number of aromatic nitrogens is 1. The van der Waals surface area contributed by atoms with Crippen molar-refractivity contribution in [3.8, 4) is 0 Å². The first-order chi connectivity index (χ1) is 6.90. The number of thiazole rings is 1. The van der Waals surface area contributed by atoms with Crippen LogP contribution in [0.15, 0.2) is 5.38 Å². The monoisotopic (exact) mass is 212 g/mol. The summed E-state index contributed by atoms with van der Waals surface area (Å²) in [6, 6.07) is 0. The molecule has 1 unspecified atom stereocenters. The summed E-state index contributed by atoms with van der Waals surface area (Å²) in [5.41, 5.74) is 1.22. The van der Waals surface area contributed by atoms with Crippen LogP contribution in [0.3, 0.4) is 0 Å². The highest BCUT2D eigenvalue weighted by Crippen LogP contribution is 2.26. The lowest BCUT2D eigenvalue weighted by Crippen LogP contribution is -2.11. The minimum atomic E-state index is 0.543. The number of ether oxygens (including phenoxy) is 1. The van der Waals surface area contributed by atoms with Crippen molar-refractivity contribution in [2.75, 3.05) is 19.8 Å². The van der Waals surface area contributed by atoms with Crippen LogP contribution in [0.1, 0.15) is 30.0 Å². The average molecular weight is 212 g/mol. The molecule has 1 atom stereocenters. The van der Waals surface area contributed by atoms with Gasteiger partial charge in [-0.25, -0.2) is 4.98 Å². The van der Waals surface area contributed by atoms with E-state index in [1.165, 1.54) is 10.7 Å². The molecule has 1 saturated heterocycles. The van der Waals surface area contributed by atoms with Crippen LogP contribution in [0.2, 0.25) is 0 Å². The van der Waals surface area contributed by atoms with Crippen molar-refractivity contribution in [2.45, 2.75) is 25.8 Å². The summed E-state index contributed by atoms with van der Waals surface area (Å²) in [5.74, 6) is 0.543. The Balaban J connectivity index is 1.94. The van der Waals surface area contributed by atoms with Crippen molar-refractivity contribution < 1.29 is 4.74 Å². The molecule has 0 amide bonds. The fourth-order valence-corrected chi connectivity index (χ4v) is 2.44. The number of hydrogen-bond acceptors (Lipinski definition) is 4. The van der Waals surface area contributed by atoms with E-state index < -0.39 is 0 Å². The van der Waals surface area contributed by atoms with Crippen molar-refractivity contribution in [1.82, 2.24) is 10.3 Å². The first-order valence-corrected chi connectivity index (χ1v) is 6.01. The molecule has 0 aliphatic carbocycles. The van der Waals surface area contributed by atoms with Gasteiger partial charge in [0.1, 0.15) is 5.01 Å². The molecule has 0 bridgehead atoms. The molecule has 0 aromatic carbocycles. The second-order valence-corrected chi connectivity index (χ2v) is 4.45. The fourth-order valence-electron chi connectivity index (χ4n) is 1.59. The van der Waals surface area contributed by atoms with Crippen LogP contribution >= 0.6 is 11.3 Å². The van der Waals surface area contributed by atoms with Crippen molar-refractivity contribution in [2.24, 2.45) is 0 Å². The SMILES string of the molecule is CCNCc1nc(C2CCOC2)cs1. The number of hydrogen-bond donors (Lipinski definition) is 1. The Morgan fingerprint density at radius 1 is 1.71 bits per heavy atom. The molecule has 0 saturated carbocycles. The highest BCUT2D eigenvalue weighted by molar-refractivity contribution is 7.09. The summed E-state index contributed by atoms with van der Waals surface area (Å²) in [6.07, 6.45) is 1.13. The summed E-state index contributed by atoms with van der Waals surface area (Å²) >= 11 is 1.75. The minimum absolute atomic E-state index is 0.543. The average Bonchev–Trinajstić information content (AvgIpc) is 2.85. The maximum atomic E-state index is 5.35. The second-order valence-electron chi connectivity index (χ2n) is 3.51. The van der Waals surface area contributed by atoms with Gasteiger partial charge < -0.3 is 10.1 Å². The van der Waals surface area contributed by atoms with Crippen LogP contribution in [-0.2, 0) is 11.3 Å². The Labute approximate surface area is 88.5 Å².